The number of fused-ring (bicyclic) bond motifs is 1. The van der Waals surface area contributed by atoms with Crippen LogP contribution in [0, 0.1) is 0 Å². The van der Waals surface area contributed by atoms with Crippen LogP contribution in [0.3, 0.4) is 0 Å². The lowest BCUT2D eigenvalue weighted by Gasteiger charge is -2.32. The molecule has 0 unspecified atom stereocenters. The number of rotatable bonds is 7. The Morgan fingerprint density at radius 2 is 2.06 bits per heavy atom. The molecule has 0 aromatic carbocycles. The summed E-state index contributed by atoms with van der Waals surface area (Å²) in [5.41, 5.74) is 2.09. The van der Waals surface area contributed by atoms with E-state index in [0.29, 0.717) is 18.4 Å². The molecule has 4 heterocycles. The highest BCUT2D eigenvalue weighted by Crippen LogP contribution is 2.39. The molecule has 2 fully saturated rings. The number of amides is 1. The number of aromatic amines is 1. The first-order chi connectivity index (χ1) is 15.0. The van der Waals surface area contributed by atoms with Crippen LogP contribution in [0.1, 0.15) is 37.3 Å². The van der Waals surface area contributed by atoms with E-state index in [1.165, 1.54) is 18.5 Å². The number of hydrogen-bond donors (Lipinski definition) is 3. The summed E-state index contributed by atoms with van der Waals surface area (Å²) >= 11 is 0. The first kappa shape index (κ1) is 19.8. The van der Waals surface area contributed by atoms with Crippen LogP contribution >= 0.6 is 0 Å². The smallest absolute Gasteiger partial charge is 0.245 e. The SMILES string of the molecule is CN(C)CC(=O)NC1CCN(c2nc(Nc3cc(C4CC4)[nH]n3)c3cccn3n2)CC1. The molecule has 10 nitrogen and oxygen atoms in total. The summed E-state index contributed by atoms with van der Waals surface area (Å²) in [4.78, 5) is 20.9. The van der Waals surface area contributed by atoms with Crippen LogP contribution in [-0.2, 0) is 4.79 Å². The normalized spacial score (nSPS) is 17.5. The topological polar surface area (TPSA) is 106 Å². The van der Waals surface area contributed by atoms with Crippen LogP contribution in [-0.4, -0.2) is 75.4 Å². The predicted molar refractivity (Wildman–Crippen MR) is 119 cm³/mol. The van der Waals surface area contributed by atoms with Gasteiger partial charge < -0.3 is 20.4 Å². The summed E-state index contributed by atoms with van der Waals surface area (Å²) in [6.45, 7) is 2.01. The Hall–Kier alpha value is -3.14. The Bertz CT molecular complexity index is 1060. The number of anilines is 3. The maximum atomic E-state index is 12.0. The molecule has 1 aliphatic heterocycles. The molecule has 0 bridgehead atoms. The second-order valence-electron chi connectivity index (χ2n) is 8.77. The van der Waals surface area contributed by atoms with E-state index in [1.807, 2.05) is 41.8 Å². The van der Waals surface area contributed by atoms with Crippen LogP contribution < -0.4 is 15.5 Å². The van der Waals surface area contributed by atoms with Crippen molar-refractivity contribution in [1.29, 1.82) is 0 Å². The molecule has 2 aliphatic rings. The molecule has 0 spiro atoms. The number of aromatic nitrogens is 5. The highest BCUT2D eigenvalue weighted by molar-refractivity contribution is 5.78. The Morgan fingerprint density at radius 3 is 2.81 bits per heavy atom. The van der Waals surface area contributed by atoms with Crippen molar-refractivity contribution < 1.29 is 4.79 Å². The minimum absolute atomic E-state index is 0.0736. The van der Waals surface area contributed by atoms with Gasteiger partial charge in [-0.2, -0.15) is 10.1 Å². The maximum absolute atomic E-state index is 12.0. The number of H-pyrrole nitrogens is 1. The van der Waals surface area contributed by atoms with Crippen LogP contribution in [0.4, 0.5) is 17.6 Å². The van der Waals surface area contributed by atoms with Crippen molar-refractivity contribution in [3.05, 3.63) is 30.1 Å². The summed E-state index contributed by atoms with van der Waals surface area (Å²) in [5, 5.41) is 18.7. The van der Waals surface area contributed by atoms with Gasteiger partial charge in [0.1, 0.15) is 5.52 Å². The predicted octanol–water partition coefficient (Wildman–Crippen LogP) is 1.72. The van der Waals surface area contributed by atoms with E-state index in [1.54, 1.807) is 0 Å². The lowest BCUT2D eigenvalue weighted by molar-refractivity contribution is -0.122. The second-order valence-corrected chi connectivity index (χ2v) is 8.77. The fourth-order valence-electron chi connectivity index (χ4n) is 4.06. The van der Waals surface area contributed by atoms with E-state index in [4.69, 9.17) is 10.1 Å². The highest BCUT2D eigenvalue weighted by Gasteiger charge is 2.26. The molecule has 0 radical (unpaired) electrons. The van der Waals surface area contributed by atoms with Gasteiger partial charge in [0.2, 0.25) is 11.9 Å². The van der Waals surface area contributed by atoms with E-state index in [2.05, 4.69) is 31.8 Å². The van der Waals surface area contributed by atoms with Gasteiger partial charge in [-0.1, -0.05) is 0 Å². The van der Waals surface area contributed by atoms with E-state index in [9.17, 15) is 4.79 Å². The Kier molecular flexibility index (Phi) is 5.23. The standard InChI is InChI=1S/C21H29N9O/c1-28(2)13-19(31)22-15-7-10-29(11-8-15)21-24-20(17-4-3-9-30(17)27-21)23-18-12-16(25-26-18)14-5-6-14/h3-4,9,12,14-15H,5-8,10-11,13H2,1-2H3,(H,22,31)(H2,23,24,25,26,27). The van der Waals surface area contributed by atoms with Gasteiger partial charge in [-0.05, 0) is 51.9 Å². The summed E-state index contributed by atoms with van der Waals surface area (Å²) in [6.07, 6.45) is 6.14. The third-order valence-corrected chi connectivity index (χ3v) is 5.84. The number of nitrogens with one attached hydrogen (secondary N) is 3. The van der Waals surface area contributed by atoms with Crippen LogP contribution in [0.5, 0.6) is 0 Å². The van der Waals surface area contributed by atoms with Crippen LogP contribution in [0.25, 0.3) is 5.52 Å². The summed E-state index contributed by atoms with van der Waals surface area (Å²) in [5.74, 6) is 2.89. The summed E-state index contributed by atoms with van der Waals surface area (Å²) < 4.78 is 1.85. The molecule has 1 amide bonds. The van der Waals surface area contributed by atoms with Crippen molar-refractivity contribution in [2.24, 2.45) is 0 Å². The number of carbonyl (C=O) groups is 1. The molecule has 3 N–H and O–H groups in total. The zero-order valence-electron chi connectivity index (χ0n) is 18.0. The number of likely N-dealkylation sites (N-methyl/N-ethyl adjacent to an activating group) is 1. The van der Waals surface area contributed by atoms with Crippen molar-refractivity contribution in [3.8, 4) is 0 Å². The van der Waals surface area contributed by atoms with Gasteiger partial charge in [-0.25, -0.2) is 4.52 Å². The monoisotopic (exact) mass is 423 g/mol. The largest absolute Gasteiger partial charge is 0.352 e. The van der Waals surface area contributed by atoms with Crippen LogP contribution in [0.2, 0.25) is 0 Å². The third kappa shape index (κ3) is 4.48. The average molecular weight is 424 g/mol. The van der Waals surface area contributed by atoms with E-state index in [-0.39, 0.29) is 11.9 Å². The molecular weight excluding hydrogens is 394 g/mol. The Labute approximate surface area is 181 Å². The number of carbonyl (C=O) groups excluding carboxylic acids is 1. The van der Waals surface area contributed by atoms with Crippen molar-refractivity contribution in [3.63, 3.8) is 0 Å². The van der Waals surface area contributed by atoms with Gasteiger partial charge >= 0.3 is 0 Å². The van der Waals surface area contributed by atoms with Gasteiger partial charge in [0.05, 0.1) is 6.54 Å². The van der Waals surface area contributed by atoms with E-state index >= 15 is 0 Å². The summed E-state index contributed by atoms with van der Waals surface area (Å²) in [6, 6.07) is 6.22. The quantitative estimate of drug-likeness (QED) is 0.531. The molecule has 3 aromatic heterocycles. The van der Waals surface area contributed by atoms with E-state index in [0.717, 1.165) is 43.1 Å². The number of nitrogens with zero attached hydrogens (tertiary/aromatic N) is 6. The third-order valence-electron chi connectivity index (χ3n) is 5.84. The molecule has 10 heteroatoms. The fraction of sp³-hybridized carbons (Fsp3) is 0.524. The first-order valence-electron chi connectivity index (χ1n) is 10.9. The van der Waals surface area contributed by atoms with Crippen molar-refractivity contribution in [1.82, 2.24) is 35.0 Å². The van der Waals surface area contributed by atoms with Gasteiger partial charge in [-0.3, -0.25) is 9.89 Å². The second kappa shape index (κ2) is 8.18. The molecule has 1 saturated heterocycles. The average Bonchev–Trinajstić information content (AvgIpc) is 3.28. The molecule has 5 rings (SSSR count). The Morgan fingerprint density at radius 1 is 1.26 bits per heavy atom. The number of piperidine rings is 1. The molecular formula is C21H29N9O. The molecule has 0 atom stereocenters. The maximum Gasteiger partial charge on any atom is 0.245 e. The van der Waals surface area contributed by atoms with Gasteiger partial charge in [-0.15, -0.1) is 5.10 Å². The van der Waals surface area contributed by atoms with Crippen molar-refractivity contribution in [2.75, 3.05) is 43.9 Å². The lowest BCUT2D eigenvalue weighted by Crippen LogP contribution is -2.47. The zero-order chi connectivity index (χ0) is 21.4. The zero-order valence-corrected chi connectivity index (χ0v) is 18.0. The van der Waals surface area contributed by atoms with Gasteiger partial charge in [0.15, 0.2) is 11.6 Å². The Balaban J connectivity index is 1.28. The highest BCUT2D eigenvalue weighted by atomic mass is 16.2. The molecule has 3 aromatic rings. The van der Waals surface area contributed by atoms with E-state index < -0.39 is 0 Å². The minimum Gasteiger partial charge on any atom is -0.352 e. The lowest BCUT2D eigenvalue weighted by atomic mass is 10.1. The number of hydrogen-bond acceptors (Lipinski definition) is 7. The first-order valence-corrected chi connectivity index (χ1v) is 10.9. The van der Waals surface area contributed by atoms with Crippen molar-refractivity contribution >= 4 is 29.0 Å². The molecule has 164 valence electrons. The van der Waals surface area contributed by atoms with Gasteiger partial charge in [0.25, 0.3) is 0 Å². The van der Waals surface area contributed by atoms with Crippen molar-refractivity contribution in [2.45, 2.75) is 37.6 Å². The van der Waals surface area contributed by atoms with Crippen LogP contribution in [0.15, 0.2) is 24.4 Å². The fourth-order valence-corrected chi connectivity index (χ4v) is 4.06. The summed E-state index contributed by atoms with van der Waals surface area (Å²) in [7, 11) is 3.80. The molecule has 1 saturated carbocycles. The molecule has 1 aliphatic carbocycles. The molecule has 31 heavy (non-hydrogen) atoms. The minimum atomic E-state index is 0.0736. The van der Waals surface area contributed by atoms with Gasteiger partial charge in [0, 0.05) is 43.0 Å².